The summed E-state index contributed by atoms with van der Waals surface area (Å²) in [6, 6.07) is 15.5. The average Bonchev–Trinajstić information content (AvgIpc) is 2.52. The molecule has 0 saturated carbocycles. The minimum absolute atomic E-state index is 0.991. The number of hydrogen-bond donors (Lipinski definition) is 1. The van der Waals surface area contributed by atoms with E-state index < -0.39 is 0 Å². The first-order valence-corrected chi connectivity index (χ1v) is 7.94. The fourth-order valence-electron chi connectivity index (χ4n) is 3.15. The molecule has 0 aliphatic carbocycles. The predicted molar refractivity (Wildman–Crippen MR) is 91.2 cm³/mol. The van der Waals surface area contributed by atoms with Gasteiger partial charge in [0.2, 0.25) is 0 Å². The molecule has 2 aromatic carbocycles. The van der Waals surface area contributed by atoms with Crippen molar-refractivity contribution in [1.29, 1.82) is 0 Å². The molecule has 110 valence electrons. The van der Waals surface area contributed by atoms with Gasteiger partial charge in [0.25, 0.3) is 0 Å². The molecule has 0 atom stereocenters. The van der Waals surface area contributed by atoms with Crippen LogP contribution in [-0.2, 0) is 13.0 Å². The van der Waals surface area contributed by atoms with E-state index in [1.807, 2.05) is 0 Å². The Morgan fingerprint density at radius 2 is 2.00 bits per heavy atom. The molecular formula is C19H24N2. The number of nitrogens with zero attached hydrogens (tertiary/aromatic N) is 1. The van der Waals surface area contributed by atoms with Gasteiger partial charge in [-0.05, 0) is 61.6 Å². The molecule has 0 saturated heterocycles. The van der Waals surface area contributed by atoms with Gasteiger partial charge in [-0.25, -0.2) is 0 Å². The first kappa shape index (κ1) is 14.0. The molecule has 1 aliphatic rings. The molecule has 0 radical (unpaired) electrons. The standard InChI is InChI=1S/C19H24N2/c1-3-21(17-9-4-7-15(2)13-17)14-16-8-5-11-19-18(16)10-6-12-20-19/h4-5,7-9,11,13,20H,3,6,10,12,14H2,1-2H3. The zero-order valence-corrected chi connectivity index (χ0v) is 13.0. The number of aryl methyl sites for hydroxylation is 1. The van der Waals surface area contributed by atoms with Crippen molar-refractivity contribution < 1.29 is 0 Å². The maximum Gasteiger partial charge on any atom is 0.0432 e. The highest BCUT2D eigenvalue weighted by molar-refractivity contribution is 5.58. The van der Waals surface area contributed by atoms with Gasteiger partial charge in [0.1, 0.15) is 0 Å². The Labute approximate surface area is 127 Å². The second-order valence-corrected chi connectivity index (χ2v) is 5.83. The van der Waals surface area contributed by atoms with Crippen molar-refractivity contribution in [3.8, 4) is 0 Å². The van der Waals surface area contributed by atoms with E-state index in [0.717, 1.165) is 19.6 Å². The van der Waals surface area contributed by atoms with Gasteiger partial charge in [0.15, 0.2) is 0 Å². The van der Waals surface area contributed by atoms with Crippen molar-refractivity contribution in [3.63, 3.8) is 0 Å². The van der Waals surface area contributed by atoms with E-state index in [4.69, 9.17) is 0 Å². The molecular weight excluding hydrogens is 256 g/mol. The SMILES string of the molecule is CCN(Cc1cccc2c1CCCN2)c1cccc(C)c1. The van der Waals surface area contributed by atoms with Gasteiger partial charge in [0.05, 0.1) is 0 Å². The number of rotatable bonds is 4. The summed E-state index contributed by atoms with van der Waals surface area (Å²) in [5, 5.41) is 3.52. The van der Waals surface area contributed by atoms with E-state index in [0.29, 0.717) is 0 Å². The first-order chi connectivity index (χ1) is 10.3. The summed E-state index contributed by atoms with van der Waals surface area (Å²) in [6.45, 7) is 7.51. The first-order valence-electron chi connectivity index (χ1n) is 7.94. The largest absolute Gasteiger partial charge is 0.385 e. The van der Waals surface area contributed by atoms with Crippen molar-refractivity contribution in [3.05, 3.63) is 59.2 Å². The summed E-state index contributed by atoms with van der Waals surface area (Å²) in [6.07, 6.45) is 2.43. The molecule has 1 aliphatic heterocycles. The minimum Gasteiger partial charge on any atom is -0.385 e. The van der Waals surface area contributed by atoms with Crippen LogP contribution in [0.5, 0.6) is 0 Å². The molecule has 1 heterocycles. The maximum atomic E-state index is 3.52. The fraction of sp³-hybridized carbons (Fsp3) is 0.368. The quantitative estimate of drug-likeness (QED) is 0.894. The molecule has 0 bridgehead atoms. The number of benzene rings is 2. The van der Waals surface area contributed by atoms with Crippen LogP contribution in [0.4, 0.5) is 11.4 Å². The van der Waals surface area contributed by atoms with Crippen molar-refractivity contribution >= 4 is 11.4 Å². The number of nitrogens with one attached hydrogen (secondary N) is 1. The Balaban J connectivity index is 1.88. The van der Waals surface area contributed by atoms with Gasteiger partial charge >= 0.3 is 0 Å². The summed E-state index contributed by atoms with van der Waals surface area (Å²) in [7, 11) is 0. The van der Waals surface area contributed by atoms with Gasteiger partial charge in [0, 0.05) is 31.0 Å². The van der Waals surface area contributed by atoms with Crippen LogP contribution < -0.4 is 10.2 Å². The molecule has 1 N–H and O–H groups in total. The lowest BCUT2D eigenvalue weighted by atomic mass is 9.97. The minimum atomic E-state index is 0.991. The molecule has 2 heteroatoms. The molecule has 2 aromatic rings. The summed E-state index contributed by atoms with van der Waals surface area (Å²) >= 11 is 0. The number of fused-ring (bicyclic) bond motifs is 1. The van der Waals surface area contributed by atoms with Crippen LogP contribution in [0, 0.1) is 6.92 Å². The highest BCUT2D eigenvalue weighted by atomic mass is 15.1. The smallest absolute Gasteiger partial charge is 0.0432 e. The van der Waals surface area contributed by atoms with E-state index in [-0.39, 0.29) is 0 Å². The molecule has 0 aromatic heterocycles. The van der Waals surface area contributed by atoms with Gasteiger partial charge in [-0.3, -0.25) is 0 Å². The van der Waals surface area contributed by atoms with Gasteiger partial charge in [-0.2, -0.15) is 0 Å². The molecule has 3 rings (SSSR count). The normalized spacial score (nSPS) is 13.4. The van der Waals surface area contributed by atoms with E-state index >= 15 is 0 Å². The lowest BCUT2D eigenvalue weighted by molar-refractivity contribution is 0.784. The number of hydrogen-bond acceptors (Lipinski definition) is 2. The third-order valence-corrected chi connectivity index (χ3v) is 4.30. The maximum absolute atomic E-state index is 3.52. The summed E-state index contributed by atoms with van der Waals surface area (Å²) < 4.78 is 0. The van der Waals surface area contributed by atoms with Crippen molar-refractivity contribution in [2.75, 3.05) is 23.3 Å². The zero-order valence-electron chi connectivity index (χ0n) is 13.0. The van der Waals surface area contributed by atoms with Gasteiger partial charge < -0.3 is 10.2 Å². The van der Waals surface area contributed by atoms with Crippen molar-refractivity contribution in [2.45, 2.75) is 33.2 Å². The van der Waals surface area contributed by atoms with E-state index in [1.165, 1.54) is 40.9 Å². The number of anilines is 2. The van der Waals surface area contributed by atoms with Crippen molar-refractivity contribution in [1.82, 2.24) is 0 Å². The van der Waals surface area contributed by atoms with E-state index in [9.17, 15) is 0 Å². The van der Waals surface area contributed by atoms with Crippen LogP contribution in [0.15, 0.2) is 42.5 Å². The summed E-state index contributed by atoms with van der Waals surface area (Å²) in [5.41, 5.74) is 6.94. The Morgan fingerprint density at radius 1 is 1.14 bits per heavy atom. The Kier molecular flexibility index (Phi) is 4.14. The second kappa shape index (κ2) is 6.21. The zero-order chi connectivity index (χ0) is 14.7. The Hall–Kier alpha value is -1.96. The Bertz CT molecular complexity index is 619. The lowest BCUT2D eigenvalue weighted by Crippen LogP contribution is -2.24. The van der Waals surface area contributed by atoms with Crippen LogP contribution in [0.2, 0.25) is 0 Å². The highest BCUT2D eigenvalue weighted by Gasteiger charge is 2.14. The molecule has 0 amide bonds. The van der Waals surface area contributed by atoms with Crippen molar-refractivity contribution in [2.24, 2.45) is 0 Å². The second-order valence-electron chi connectivity index (χ2n) is 5.83. The summed E-state index contributed by atoms with van der Waals surface area (Å²) in [5.74, 6) is 0. The van der Waals surface area contributed by atoms with Crippen LogP contribution >= 0.6 is 0 Å². The monoisotopic (exact) mass is 280 g/mol. The topological polar surface area (TPSA) is 15.3 Å². The highest BCUT2D eigenvalue weighted by Crippen LogP contribution is 2.27. The predicted octanol–water partition coefficient (Wildman–Crippen LogP) is 4.38. The third-order valence-electron chi connectivity index (χ3n) is 4.30. The van der Waals surface area contributed by atoms with Crippen LogP contribution in [0.3, 0.4) is 0 Å². The van der Waals surface area contributed by atoms with Gasteiger partial charge in [-0.15, -0.1) is 0 Å². The molecule has 0 unspecified atom stereocenters. The summed E-state index contributed by atoms with van der Waals surface area (Å²) in [4.78, 5) is 2.46. The van der Waals surface area contributed by atoms with E-state index in [2.05, 4.69) is 66.5 Å². The third kappa shape index (κ3) is 3.05. The molecule has 0 fully saturated rings. The molecule has 21 heavy (non-hydrogen) atoms. The molecule has 0 spiro atoms. The van der Waals surface area contributed by atoms with E-state index in [1.54, 1.807) is 0 Å². The Morgan fingerprint density at radius 3 is 2.81 bits per heavy atom. The van der Waals surface area contributed by atoms with Crippen LogP contribution in [-0.4, -0.2) is 13.1 Å². The van der Waals surface area contributed by atoms with Crippen LogP contribution in [0.1, 0.15) is 30.0 Å². The average molecular weight is 280 g/mol. The fourth-order valence-corrected chi connectivity index (χ4v) is 3.15. The van der Waals surface area contributed by atoms with Crippen LogP contribution in [0.25, 0.3) is 0 Å². The lowest BCUT2D eigenvalue weighted by Gasteiger charge is -2.27. The van der Waals surface area contributed by atoms with Gasteiger partial charge in [-0.1, -0.05) is 24.3 Å². The molecule has 2 nitrogen and oxygen atoms in total.